The molecule has 1 aliphatic rings. The number of rotatable bonds is 8. The molecule has 1 aromatic rings. The van der Waals surface area contributed by atoms with Crippen molar-refractivity contribution in [3.05, 3.63) is 29.8 Å². The van der Waals surface area contributed by atoms with E-state index in [-0.39, 0.29) is 6.10 Å². The average Bonchev–Trinajstić information content (AvgIpc) is 2.38. The molecule has 3 nitrogen and oxygen atoms in total. The average molecular weight is 277 g/mol. The van der Waals surface area contributed by atoms with Crippen LogP contribution in [0, 0.1) is 11.8 Å². The molecule has 1 fully saturated rings. The Hall–Kier alpha value is -1.06. The monoisotopic (exact) mass is 277 g/mol. The molecule has 0 spiro atoms. The van der Waals surface area contributed by atoms with Gasteiger partial charge in [0.15, 0.2) is 0 Å². The van der Waals surface area contributed by atoms with Crippen LogP contribution in [0.5, 0.6) is 5.75 Å². The second kappa shape index (κ2) is 7.65. The summed E-state index contributed by atoms with van der Waals surface area (Å²) in [5, 5.41) is 12.7. The number of nitrogens with one attached hydrogen (secondary N) is 1. The Morgan fingerprint density at radius 3 is 2.55 bits per heavy atom. The van der Waals surface area contributed by atoms with E-state index in [4.69, 9.17) is 4.74 Å². The highest BCUT2D eigenvalue weighted by atomic mass is 16.5. The Labute approximate surface area is 122 Å². The lowest BCUT2D eigenvalue weighted by molar-refractivity contribution is 0.0430. The highest BCUT2D eigenvalue weighted by molar-refractivity contribution is 5.27. The van der Waals surface area contributed by atoms with Crippen LogP contribution in [-0.4, -0.2) is 24.4 Å². The molecule has 2 N–H and O–H groups in total. The first-order valence-corrected chi connectivity index (χ1v) is 7.74. The number of ether oxygens (including phenoxy) is 1. The van der Waals surface area contributed by atoms with Crippen LogP contribution in [0.15, 0.2) is 24.3 Å². The zero-order valence-electron chi connectivity index (χ0n) is 12.6. The molecule has 0 aliphatic heterocycles. The number of hydrogen-bond acceptors (Lipinski definition) is 3. The van der Waals surface area contributed by atoms with Crippen molar-refractivity contribution in [1.82, 2.24) is 5.32 Å². The molecule has 20 heavy (non-hydrogen) atoms. The molecule has 0 bridgehead atoms. The normalized spacial score (nSPS) is 21.8. The predicted molar refractivity (Wildman–Crippen MR) is 81.8 cm³/mol. The standard InChI is InChI=1S/C17H27NO2/c1-13(2)7-8-20-17-5-3-14(4-6-17)11-18-12-15-9-16(19)10-15/h3-6,13,15-16,18-19H,7-12H2,1-2H3. The number of hydrogen-bond donors (Lipinski definition) is 2. The summed E-state index contributed by atoms with van der Waals surface area (Å²) in [6, 6.07) is 8.33. The lowest BCUT2D eigenvalue weighted by Gasteiger charge is -2.31. The van der Waals surface area contributed by atoms with Gasteiger partial charge in [0.2, 0.25) is 0 Å². The lowest BCUT2D eigenvalue weighted by Crippen LogP contribution is -2.35. The molecule has 0 saturated heterocycles. The van der Waals surface area contributed by atoms with Gasteiger partial charge < -0.3 is 15.2 Å². The molecule has 0 radical (unpaired) electrons. The minimum absolute atomic E-state index is 0.0518. The lowest BCUT2D eigenvalue weighted by atomic mass is 9.82. The van der Waals surface area contributed by atoms with Gasteiger partial charge in [-0.3, -0.25) is 0 Å². The first kappa shape index (κ1) is 15.3. The maximum Gasteiger partial charge on any atom is 0.119 e. The maximum absolute atomic E-state index is 9.23. The van der Waals surface area contributed by atoms with Crippen molar-refractivity contribution in [3.8, 4) is 5.75 Å². The summed E-state index contributed by atoms with van der Waals surface area (Å²) >= 11 is 0. The molecule has 0 atom stereocenters. The Morgan fingerprint density at radius 2 is 1.95 bits per heavy atom. The van der Waals surface area contributed by atoms with Gasteiger partial charge in [0, 0.05) is 6.54 Å². The first-order chi connectivity index (χ1) is 9.63. The van der Waals surface area contributed by atoms with Crippen LogP contribution in [0.25, 0.3) is 0 Å². The molecule has 0 amide bonds. The molecule has 0 aromatic heterocycles. The van der Waals surface area contributed by atoms with Gasteiger partial charge in [-0.05, 0) is 55.3 Å². The first-order valence-electron chi connectivity index (χ1n) is 7.74. The molecule has 1 aromatic carbocycles. The van der Waals surface area contributed by atoms with E-state index in [0.717, 1.165) is 44.7 Å². The number of aliphatic hydroxyl groups is 1. The predicted octanol–water partition coefficient (Wildman–Crippen LogP) is 2.97. The zero-order valence-corrected chi connectivity index (χ0v) is 12.6. The smallest absolute Gasteiger partial charge is 0.119 e. The van der Waals surface area contributed by atoms with Crippen LogP contribution in [0.3, 0.4) is 0 Å². The van der Waals surface area contributed by atoms with E-state index in [1.807, 2.05) is 12.1 Å². The molecule has 0 heterocycles. The third-order valence-corrected chi connectivity index (χ3v) is 3.86. The Bertz CT molecular complexity index is 382. The van der Waals surface area contributed by atoms with Crippen molar-refractivity contribution in [2.75, 3.05) is 13.2 Å². The van der Waals surface area contributed by atoms with Crippen molar-refractivity contribution in [2.24, 2.45) is 11.8 Å². The topological polar surface area (TPSA) is 41.5 Å². The molecule has 1 aliphatic carbocycles. The molecular weight excluding hydrogens is 250 g/mol. The minimum Gasteiger partial charge on any atom is -0.494 e. The fourth-order valence-corrected chi connectivity index (χ4v) is 2.40. The fraction of sp³-hybridized carbons (Fsp3) is 0.647. The van der Waals surface area contributed by atoms with Crippen LogP contribution in [0.4, 0.5) is 0 Å². The summed E-state index contributed by atoms with van der Waals surface area (Å²) in [6.45, 7) is 7.10. The number of benzene rings is 1. The summed E-state index contributed by atoms with van der Waals surface area (Å²) in [7, 11) is 0. The van der Waals surface area contributed by atoms with Crippen LogP contribution >= 0.6 is 0 Å². The number of aliphatic hydroxyl groups excluding tert-OH is 1. The van der Waals surface area contributed by atoms with Gasteiger partial charge in [0.25, 0.3) is 0 Å². The van der Waals surface area contributed by atoms with E-state index >= 15 is 0 Å². The molecule has 0 unspecified atom stereocenters. The van der Waals surface area contributed by atoms with E-state index in [0.29, 0.717) is 11.8 Å². The van der Waals surface area contributed by atoms with E-state index < -0.39 is 0 Å². The van der Waals surface area contributed by atoms with Crippen LogP contribution in [0.2, 0.25) is 0 Å². The van der Waals surface area contributed by atoms with Gasteiger partial charge in [-0.25, -0.2) is 0 Å². The van der Waals surface area contributed by atoms with Gasteiger partial charge in [0.05, 0.1) is 12.7 Å². The summed E-state index contributed by atoms with van der Waals surface area (Å²) in [5.41, 5.74) is 1.28. The van der Waals surface area contributed by atoms with Crippen molar-refractivity contribution < 1.29 is 9.84 Å². The Kier molecular flexibility index (Phi) is 5.86. The summed E-state index contributed by atoms with van der Waals surface area (Å²) in [4.78, 5) is 0. The molecule has 2 rings (SSSR count). The minimum atomic E-state index is -0.0518. The molecule has 112 valence electrons. The quantitative estimate of drug-likeness (QED) is 0.767. The summed E-state index contributed by atoms with van der Waals surface area (Å²) in [5.74, 6) is 2.30. The fourth-order valence-electron chi connectivity index (χ4n) is 2.40. The summed E-state index contributed by atoms with van der Waals surface area (Å²) in [6.07, 6.45) is 2.95. The van der Waals surface area contributed by atoms with E-state index in [2.05, 4.69) is 31.3 Å². The van der Waals surface area contributed by atoms with Gasteiger partial charge in [-0.15, -0.1) is 0 Å². The largest absolute Gasteiger partial charge is 0.494 e. The third-order valence-electron chi connectivity index (χ3n) is 3.86. The maximum atomic E-state index is 9.23. The van der Waals surface area contributed by atoms with Crippen LogP contribution in [0.1, 0.15) is 38.7 Å². The van der Waals surface area contributed by atoms with E-state index in [9.17, 15) is 5.11 Å². The van der Waals surface area contributed by atoms with Crippen LogP contribution < -0.4 is 10.1 Å². The summed E-state index contributed by atoms with van der Waals surface area (Å²) < 4.78 is 5.70. The van der Waals surface area contributed by atoms with Crippen molar-refractivity contribution in [2.45, 2.75) is 45.8 Å². The molecular formula is C17H27NO2. The van der Waals surface area contributed by atoms with Crippen molar-refractivity contribution in [3.63, 3.8) is 0 Å². The van der Waals surface area contributed by atoms with Gasteiger partial charge in [-0.1, -0.05) is 26.0 Å². The second-order valence-electron chi connectivity index (χ2n) is 6.30. The van der Waals surface area contributed by atoms with Crippen molar-refractivity contribution >= 4 is 0 Å². The highest BCUT2D eigenvalue weighted by Crippen LogP contribution is 2.26. The van der Waals surface area contributed by atoms with E-state index in [1.54, 1.807) is 0 Å². The van der Waals surface area contributed by atoms with Crippen molar-refractivity contribution in [1.29, 1.82) is 0 Å². The SMILES string of the molecule is CC(C)CCOc1ccc(CNCC2CC(O)C2)cc1. The van der Waals surface area contributed by atoms with Gasteiger partial charge >= 0.3 is 0 Å². The second-order valence-corrected chi connectivity index (χ2v) is 6.30. The highest BCUT2D eigenvalue weighted by Gasteiger charge is 2.26. The third kappa shape index (κ3) is 5.14. The Balaban J connectivity index is 1.63. The van der Waals surface area contributed by atoms with Gasteiger partial charge in [0.1, 0.15) is 5.75 Å². The van der Waals surface area contributed by atoms with E-state index in [1.165, 1.54) is 5.56 Å². The molecule has 1 saturated carbocycles. The Morgan fingerprint density at radius 1 is 1.25 bits per heavy atom. The molecule has 3 heteroatoms. The van der Waals surface area contributed by atoms with Crippen LogP contribution in [-0.2, 0) is 6.54 Å². The van der Waals surface area contributed by atoms with Gasteiger partial charge in [-0.2, -0.15) is 0 Å². The zero-order chi connectivity index (χ0) is 14.4.